The van der Waals surface area contributed by atoms with Crippen LogP contribution in [0.3, 0.4) is 0 Å². The first-order valence-corrected chi connectivity index (χ1v) is 10.9. The molecule has 2 unspecified atom stereocenters. The molecule has 1 N–H and O–H groups in total. The number of imidazole rings is 1. The van der Waals surface area contributed by atoms with E-state index in [0.29, 0.717) is 18.3 Å². The first kappa shape index (κ1) is 21.3. The van der Waals surface area contributed by atoms with Crippen molar-refractivity contribution in [3.8, 4) is 5.95 Å². The highest BCUT2D eigenvalue weighted by Gasteiger charge is 2.26. The van der Waals surface area contributed by atoms with Gasteiger partial charge in [-0.25, -0.2) is 9.97 Å². The van der Waals surface area contributed by atoms with E-state index < -0.39 is 0 Å². The summed E-state index contributed by atoms with van der Waals surface area (Å²) in [6.45, 7) is 7.51. The smallest absolute Gasteiger partial charge is 0.236 e. The quantitative estimate of drug-likeness (QED) is 0.696. The van der Waals surface area contributed by atoms with E-state index in [4.69, 9.17) is 4.98 Å². The Labute approximate surface area is 174 Å². The van der Waals surface area contributed by atoms with Crippen LogP contribution >= 0.6 is 0 Å². The van der Waals surface area contributed by atoms with E-state index in [2.05, 4.69) is 41.0 Å². The summed E-state index contributed by atoms with van der Waals surface area (Å²) in [5.41, 5.74) is 0. The molecule has 0 aromatic carbocycles. The molecular formula is C22H34N6O. The maximum atomic E-state index is 12.7. The Balaban J connectivity index is 1.60. The molecule has 1 amide bonds. The minimum atomic E-state index is 0.142. The van der Waals surface area contributed by atoms with Crippen LogP contribution in [0.5, 0.6) is 0 Å². The molecule has 0 aliphatic carbocycles. The molecule has 1 fully saturated rings. The highest BCUT2D eigenvalue weighted by atomic mass is 16.1. The highest BCUT2D eigenvalue weighted by Crippen LogP contribution is 2.25. The molecule has 2 aromatic heterocycles. The average Bonchev–Trinajstić information content (AvgIpc) is 3.23. The fourth-order valence-corrected chi connectivity index (χ4v) is 3.97. The molecule has 1 aliphatic rings. The third kappa shape index (κ3) is 6.27. The van der Waals surface area contributed by atoms with E-state index in [1.54, 1.807) is 23.3 Å². The Morgan fingerprint density at radius 3 is 2.86 bits per heavy atom. The maximum Gasteiger partial charge on any atom is 0.236 e. The van der Waals surface area contributed by atoms with Crippen molar-refractivity contribution in [3.63, 3.8) is 0 Å². The molecule has 7 heteroatoms. The molecule has 3 rings (SSSR count). The van der Waals surface area contributed by atoms with Gasteiger partial charge in [0, 0.05) is 43.6 Å². The van der Waals surface area contributed by atoms with Gasteiger partial charge >= 0.3 is 0 Å². The number of aromatic nitrogens is 4. The summed E-state index contributed by atoms with van der Waals surface area (Å²) in [5.74, 6) is 2.34. The second-order valence-electron chi connectivity index (χ2n) is 8.53. The van der Waals surface area contributed by atoms with Crippen LogP contribution in [0.2, 0.25) is 0 Å². The summed E-state index contributed by atoms with van der Waals surface area (Å²) >= 11 is 0. The second-order valence-corrected chi connectivity index (χ2v) is 8.53. The summed E-state index contributed by atoms with van der Waals surface area (Å²) in [7, 11) is 0. The number of anilines is 1. The van der Waals surface area contributed by atoms with Crippen LogP contribution in [-0.4, -0.2) is 44.1 Å². The number of amides is 1. The van der Waals surface area contributed by atoms with Gasteiger partial charge in [0.15, 0.2) is 0 Å². The molecule has 7 nitrogen and oxygen atoms in total. The fourth-order valence-electron chi connectivity index (χ4n) is 3.97. The molecule has 0 spiro atoms. The fraction of sp³-hybridized carbons (Fsp3) is 0.636. The largest absolute Gasteiger partial charge is 0.354 e. The first-order valence-electron chi connectivity index (χ1n) is 10.9. The minimum Gasteiger partial charge on any atom is -0.354 e. The van der Waals surface area contributed by atoms with Crippen molar-refractivity contribution in [2.45, 2.75) is 77.8 Å². The average molecular weight is 399 g/mol. The molecule has 158 valence electrons. The topological polar surface area (TPSA) is 75.9 Å². The summed E-state index contributed by atoms with van der Waals surface area (Å²) in [6.07, 6.45) is 14.2. The monoisotopic (exact) mass is 398 g/mol. The minimum absolute atomic E-state index is 0.142. The van der Waals surface area contributed by atoms with Gasteiger partial charge in [-0.2, -0.15) is 4.98 Å². The van der Waals surface area contributed by atoms with Crippen LogP contribution in [0.15, 0.2) is 31.0 Å². The lowest BCUT2D eigenvalue weighted by molar-refractivity contribution is -0.122. The number of nitrogens with zero attached hydrogens (tertiary/aromatic N) is 5. The van der Waals surface area contributed by atoms with Crippen molar-refractivity contribution in [2.75, 3.05) is 11.4 Å². The maximum absolute atomic E-state index is 12.7. The highest BCUT2D eigenvalue weighted by molar-refractivity contribution is 5.77. The van der Waals surface area contributed by atoms with Crippen LogP contribution in [0, 0.1) is 5.92 Å². The molecule has 3 heterocycles. The normalized spacial score (nSPS) is 18.1. The third-order valence-corrected chi connectivity index (χ3v) is 5.53. The number of nitrogens with one attached hydrogen (secondary N) is 1. The van der Waals surface area contributed by atoms with Gasteiger partial charge in [0.1, 0.15) is 12.1 Å². The van der Waals surface area contributed by atoms with Crippen molar-refractivity contribution in [3.05, 3.63) is 31.0 Å². The van der Waals surface area contributed by atoms with Gasteiger partial charge in [0.2, 0.25) is 11.9 Å². The Morgan fingerprint density at radius 2 is 2.10 bits per heavy atom. The summed E-state index contributed by atoms with van der Waals surface area (Å²) in [5, 5.41) is 3.20. The van der Waals surface area contributed by atoms with E-state index in [1.807, 2.05) is 12.3 Å². The number of hydrogen-bond acceptors (Lipinski definition) is 5. The van der Waals surface area contributed by atoms with E-state index in [9.17, 15) is 4.79 Å². The summed E-state index contributed by atoms with van der Waals surface area (Å²) < 4.78 is 1.80. The van der Waals surface area contributed by atoms with Gasteiger partial charge in [0.05, 0.1) is 0 Å². The van der Waals surface area contributed by atoms with Gasteiger partial charge < -0.3 is 10.2 Å². The molecular weight excluding hydrogens is 364 g/mol. The van der Waals surface area contributed by atoms with E-state index in [-0.39, 0.29) is 18.0 Å². The third-order valence-electron chi connectivity index (χ3n) is 5.53. The van der Waals surface area contributed by atoms with Crippen molar-refractivity contribution < 1.29 is 4.79 Å². The van der Waals surface area contributed by atoms with Crippen molar-refractivity contribution in [1.82, 2.24) is 24.8 Å². The van der Waals surface area contributed by atoms with E-state index >= 15 is 0 Å². The van der Waals surface area contributed by atoms with Gasteiger partial charge in [-0.3, -0.25) is 9.36 Å². The lowest BCUT2D eigenvalue weighted by Gasteiger charge is -2.36. The number of hydrogen-bond donors (Lipinski definition) is 1. The Hall–Kier alpha value is -2.44. The molecule has 2 atom stereocenters. The van der Waals surface area contributed by atoms with Crippen LogP contribution < -0.4 is 10.2 Å². The summed E-state index contributed by atoms with van der Waals surface area (Å²) in [6, 6.07) is 2.34. The molecule has 2 aromatic rings. The van der Waals surface area contributed by atoms with Crippen molar-refractivity contribution >= 4 is 11.7 Å². The Kier molecular flexibility index (Phi) is 7.61. The molecule has 0 saturated carbocycles. The van der Waals surface area contributed by atoms with E-state index in [0.717, 1.165) is 44.5 Å². The molecule has 0 radical (unpaired) electrons. The SMILES string of the molecule is CC(C)CCCC(C)NC(=O)CC1CCCCN1c1ccnc(-n2ccnc2)n1. The Bertz CT molecular complexity index is 760. The zero-order valence-electron chi connectivity index (χ0n) is 17.9. The molecule has 29 heavy (non-hydrogen) atoms. The predicted octanol–water partition coefficient (Wildman–Crippen LogP) is 3.74. The van der Waals surface area contributed by atoms with Crippen LogP contribution in [0.4, 0.5) is 5.82 Å². The number of carbonyl (C=O) groups is 1. The number of rotatable bonds is 9. The van der Waals surface area contributed by atoms with Crippen molar-refractivity contribution in [2.24, 2.45) is 5.92 Å². The Morgan fingerprint density at radius 1 is 1.24 bits per heavy atom. The molecule has 1 aliphatic heterocycles. The zero-order valence-corrected chi connectivity index (χ0v) is 17.9. The van der Waals surface area contributed by atoms with Gasteiger partial charge in [0.25, 0.3) is 0 Å². The van der Waals surface area contributed by atoms with Gasteiger partial charge in [-0.1, -0.05) is 26.7 Å². The predicted molar refractivity (Wildman–Crippen MR) is 115 cm³/mol. The second kappa shape index (κ2) is 10.4. The molecule has 0 bridgehead atoms. The lowest BCUT2D eigenvalue weighted by atomic mass is 9.98. The van der Waals surface area contributed by atoms with Crippen LogP contribution in [0.1, 0.15) is 65.7 Å². The standard InChI is InChI=1S/C22H34N6O/c1-17(2)7-6-8-18(3)25-21(29)15-19-9-4-5-13-28(19)20-10-11-24-22(26-20)27-14-12-23-16-27/h10-12,14,16-19H,4-9,13,15H2,1-3H3,(H,25,29). The van der Waals surface area contributed by atoms with Crippen molar-refractivity contribution in [1.29, 1.82) is 0 Å². The van der Waals surface area contributed by atoms with Crippen LogP contribution in [-0.2, 0) is 4.79 Å². The molecule has 1 saturated heterocycles. The van der Waals surface area contributed by atoms with Gasteiger partial charge in [-0.05, 0) is 44.6 Å². The first-order chi connectivity index (χ1) is 14.0. The van der Waals surface area contributed by atoms with Crippen LogP contribution in [0.25, 0.3) is 5.95 Å². The number of carbonyl (C=O) groups excluding carboxylic acids is 1. The number of piperidine rings is 1. The lowest BCUT2D eigenvalue weighted by Crippen LogP contribution is -2.44. The van der Waals surface area contributed by atoms with Gasteiger partial charge in [-0.15, -0.1) is 0 Å². The van der Waals surface area contributed by atoms with E-state index in [1.165, 1.54) is 6.42 Å². The summed E-state index contributed by atoms with van der Waals surface area (Å²) in [4.78, 5) is 28.1. The zero-order chi connectivity index (χ0) is 20.6.